The number of para-hydroxylation sites is 1. The first-order valence-corrected chi connectivity index (χ1v) is 8.33. The van der Waals surface area contributed by atoms with E-state index < -0.39 is 0 Å². The third-order valence-electron chi connectivity index (χ3n) is 3.77. The summed E-state index contributed by atoms with van der Waals surface area (Å²) >= 11 is 2.96. The number of benzene rings is 2. The SMILES string of the molecule is CCN1C(=[Se])N(c2ccccc2)C(=O)/C1=C\c1ccc(O)cc1O. The maximum absolute atomic E-state index is 12.9. The van der Waals surface area contributed by atoms with Gasteiger partial charge in [0, 0.05) is 0 Å². The summed E-state index contributed by atoms with van der Waals surface area (Å²) in [4.78, 5) is 16.4. The van der Waals surface area contributed by atoms with Crippen LogP contribution in [-0.4, -0.2) is 47.8 Å². The van der Waals surface area contributed by atoms with Crippen LogP contribution in [0.5, 0.6) is 11.5 Å². The number of amides is 1. The Morgan fingerprint density at radius 2 is 1.83 bits per heavy atom. The van der Waals surface area contributed by atoms with Gasteiger partial charge in [0.2, 0.25) is 0 Å². The van der Waals surface area contributed by atoms with Gasteiger partial charge in [0.15, 0.2) is 0 Å². The van der Waals surface area contributed by atoms with E-state index >= 15 is 0 Å². The van der Waals surface area contributed by atoms with Gasteiger partial charge in [0.05, 0.1) is 0 Å². The second-order valence-corrected chi connectivity index (χ2v) is 6.04. The molecule has 24 heavy (non-hydrogen) atoms. The zero-order valence-electron chi connectivity index (χ0n) is 13.0. The number of likely N-dealkylation sites (N-methyl/N-ethyl adjacent to an activating group) is 1. The normalized spacial score (nSPS) is 16.3. The number of phenolic OH excluding ortho intramolecular Hbond substituents is 2. The van der Waals surface area contributed by atoms with Crippen molar-refractivity contribution >= 4 is 37.9 Å². The van der Waals surface area contributed by atoms with Crippen LogP contribution in [0.4, 0.5) is 5.69 Å². The summed E-state index contributed by atoms with van der Waals surface area (Å²) in [6.45, 7) is 2.55. The number of carbonyl (C=O) groups is 1. The van der Waals surface area contributed by atoms with Gasteiger partial charge in [-0.25, -0.2) is 0 Å². The van der Waals surface area contributed by atoms with Crippen LogP contribution >= 0.6 is 0 Å². The molecule has 0 bridgehead atoms. The fourth-order valence-corrected chi connectivity index (χ4v) is 3.46. The number of hydrogen-bond acceptors (Lipinski definition) is 4. The Labute approximate surface area is 147 Å². The van der Waals surface area contributed by atoms with E-state index in [9.17, 15) is 15.0 Å². The van der Waals surface area contributed by atoms with Crippen LogP contribution in [0.1, 0.15) is 12.5 Å². The molecule has 3 rings (SSSR count). The third kappa shape index (κ3) is 2.82. The zero-order valence-corrected chi connectivity index (χ0v) is 14.7. The number of nitrogens with zero attached hydrogens (tertiary/aromatic N) is 2. The Hall–Kier alpha value is -2.56. The van der Waals surface area contributed by atoms with Crippen molar-refractivity contribution < 1.29 is 15.0 Å². The van der Waals surface area contributed by atoms with Crippen molar-refractivity contribution in [2.75, 3.05) is 11.4 Å². The van der Waals surface area contributed by atoms with Crippen LogP contribution in [0, 0.1) is 0 Å². The summed E-state index contributed by atoms with van der Waals surface area (Å²) in [5, 5.41) is 19.4. The van der Waals surface area contributed by atoms with E-state index in [1.54, 1.807) is 17.0 Å². The van der Waals surface area contributed by atoms with Crippen molar-refractivity contribution in [2.24, 2.45) is 0 Å². The van der Waals surface area contributed by atoms with Crippen LogP contribution in [0.2, 0.25) is 0 Å². The summed E-state index contributed by atoms with van der Waals surface area (Å²) in [7, 11) is 0. The number of hydrogen-bond donors (Lipinski definition) is 2. The second kappa shape index (κ2) is 6.51. The van der Waals surface area contributed by atoms with Crippen molar-refractivity contribution in [3.05, 3.63) is 59.8 Å². The van der Waals surface area contributed by atoms with E-state index in [2.05, 4.69) is 15.6 Å². The Bertz CT molecular complexity index is 833. The molecular formula is C18H16N2O3Se. The molecule has 1 aliphatic heterocycles. The Morgan fingerprint density at radius 1 is 1.12 bits per heavy atom. The molecule has 0 unspecified atom stereocenters. The molecule has 0 aliphatic carbocycles. The third-order valence-corrected chi connectivity index (χ3v) is 4.62. The van der Waals surface area contributed by atoms with Crippen molar-refractivity contribution in [3.8, 4) is 11.5 Å². The molecule has 2 aromatic carbocycles. The molecule has 1 heterocycles. The molecule has 1 amide bonds. The van der Waals surface area contributed by atoms with E-state index in [4.69, 9.17) is 0 Å². The standard InChI is InChI=1S/C18H16N2O3Se/c1-2-19-15(10-12-8-9-14(21)11-16(12)22)17(23)20(18(19)24)13-6-4-3-5-7-13/h3-11,21-22H,2H2,1H3/b15-10+. The van der Waals surface area contributed by atoms with Crippen LogP contribution in [0.3, 0.4) is 0 Å². The summed E-state index contributed by atoms with van der Waals surface area (Å²) < 4.78 is 0.693. The van der Waals surface area contributed by atoms with Gasteiger partial charge >= 0.3 is 147 Å². The molecule has 0 aromatic heterocycles. The van der Waals surface area contributed by atoms with Crippen LogP contribution < -0.4 is 4.90 Å². The fraction of sp³-hybridized carbons (Fsp3) is 0.111. The topological polar surface area (TPSA) is 64.0 Å². The molecule has 1 saturated heterocycles. The summed E-state index contributed by atoms with van der Waals surface area (Å²) in [6.07, 6.45) is 1.63. The molecule has 5 nitrogen and oxygen atoms in total. The first-order chi connectivity index (χ1) is 11.5. The minimum atomic E-state index is -0.177. The van der Waals surface area contributed by atoms with Crippen LogP contribution in [0.15, 0.2) is 54.2 Å². The van der Waals surface area contributed by atoms with E-state index in [1.807, 2.05) is 42.2 Å². The summed E-state index contributed by atoms with van der Waals surface area (Å²) in [5.74, 6) is -0.280. The molecule has 0 radical (unpaired) electrons. The van der Waals surface area contributed by atoms with Crippen molar-refractivity contribution in [1.82, 2.24) is 4.90 Å². The molecule has 0 spiro atoms. The van der Waals surface area contributed by atoms with Gasteiger partial charge in [0.25, 0.3) is 0 Å². The van der Waals surface area contributed by atoms with E-state index in [0.717, 1.165) is 5.69 Å². The molecule has 2 aromatic rings. The van der Waals surface area contributed by atoms with Gasteiger partial charge in [-0.15, -0.1) is 0 Å². The average molecular weight is 387 g/mol. The molecular weight excluding hydrogens is 371 g/mol. The second-order valence-electron chi connectivity index (χ2n) is 5.28. The Kier molecular flexibility index (Phi) is 4.42. The average Bonchev–Trinajstić information content (AvgIpc) is 2.81. The molecule has 0 saturated carbocycles. The molecule has 122 valence electrons. The van der Waals surface area contributed by atoms with Gasteiger partial charge in [0.1, 0.15) is 0 Å². The van der Waals surface area contributed by atoms with Gasteiger partial charge in [-0.05, 0) is 0 Å². The molecule has 1 aliphatic rings. The molecule has 0 atom stereocenters. The number of phenols is 2. The van der Waals surface area contributed by atoms with Crippen LogP contribution in [0.25, 0.3) is 6.08 Å². The number of carbonyl (C=O) groups excluding carboxylic acids is 1. The van der Waals surface area contributed by atoms with Gasteiger partial charge in [-0.1, -0.05) is 0 Å². The summed E-state index contributed by atoms with van der Waals surface area (Å²) in [6, 6.07) is 13.7. The van der Waals surface area contributed by atoms with Gasteiger partial charge in [-0.3, -0.25) is 0 Å². The predicted octanol–water partition coefficient (Wildman–Crippen LogP) is 2.06. The van der Waals surface area contributed by atoms with E-state index in [0.29, 0.717) is 22.5 Å². The Balaban J connectivity index is 2.05. The molecule has 1 fully saturated rings. The monoisotopic (exact) mass is 388 g/mol. The number of anilines is 1. The van der Waals surface area contributed by atoms with Crippen molar-refractivity contribution in [2.45, 2.75) is 6.92 Å². The van der Waals surface area contributed by atoms with Crippen molar-refractivity contribution in [1.29, 1.82) is 0 Å². The number of rotatable bonds is 3. The minimum absolute atomic E-state index is 0.0262. The molecule has 2 N–H and O–H groups in total. The molecule has 6 heteroatoms. The fourth-order valence-electron chi connectivity index (χ4n) is 2.59. The van der Waals surface area contributed by atoms with Gasteiger partial charge < -0.3 is 0 Å². The quantitative estimate of drug-likeness (QED) is 0.625. The van der Waals surface area contributed by atoms with Crippen molar-refractivity contribution in [3.63, 3.8) is 0 Å². The summed E-state index contributed by atoms with van der Waals surface area (Å²) in [5.41, 5.74) is 1.70. The first kappa shape index (κ1) is 16.3. The Morgan fingerprint density at radius 3 is 2.46 bits per heavy atom. The van der Waals surface area contributed by atoms with E-state index in [1.165, 1.54) is 12.1 Å². The van der Waals surface area contributed by atoms with Gasteiger partial charge in [-0.2, -0.15) is 0 Å². The first-order valence-electron chi connectivity index (χ1n) is 7.47. The zero-order chi connectivity index (χ0) is 17.3. The van der Waals surface area contributed by atoms with Crippen LogP contribution in [-0.2, 0) is 4.79 Å². The maximum atomic E-state index is 12.9. The number of aromatic hydroxyl groups is 2. The predicted molar refractivity (Wildman–Crippen MR) is 94.8 cm³/mol. The van der Waals surface area contributed by atoms with E-state index in [-0.39, 0.29) is 17.4 Å².